The molecule has 0 aliphatic carbocycles. The van der Waals surface area contributed by atoms with Crippen LogP contribution in [0.2, 0.25) is 0 Å². The summed E-state index contributed by atoms with van der Waals surface area (Å²) in [6.45, 7) is 2.48. The molecule has 0 heterocycles. The van der Waals surface area contributed by atoms with Crippen LogP contribution in [0.5, 0.6) is 0 Å². The molecule has 2 aromatic carbocycles. The summed E-state index contributed by atoms with van der Waals surface area (Å²) in [5, 5.41) is 2.92. The lowest BCUT2D eigenvalue weighted by Gasteiger charge is -2.25. The van der Waals surface area contributed by atoms with Crippen LogP contribution in [0.1, 0.15) is 28.9 Å². The highest BCUT2D eigenvalue weighted by atomic mass is 32.2. The van der Waals surface area contributed by atoms with Crippen LogP contribution in [-0.4, -0.2) is 46.4 Å². The van der Waals surface area contributed by atoms with Gasteiger partial charge < -0.3 is 10.2 Å². The molecule has 0 aliphatic heterocycles. The van der Waals surface area contributed by atoms with Gasteiger partial charge in [-0.2, -0.15) is 0 Å². The molecule has 0 saturated carbocycles. The van der Waals surface area contributed by atoms with Crippen LogP contribution in [0, 0.1) is 0 Å². The van der Waals surface area contributed by atoms with Gasteiger partial charge in [-0.25, -0.2) is 13.1 Å². The Bertz CT molecular complexity index is 819. The van der Waals surface area contributed by atoms with E-state index in [1.54, 1.807) is 6.92 Å². The van der Waals surface area contributed by atoms with E-state index in [0.29, 0.717) is 18.7 Å². The third-order valence-corrected chi connectivity index (χ3v) is 5.59. The number of nitrogens with zero attached hydrogens (tertiary/aromatic N) is 1. The molecule has 2 rings (SSSR count). The number of nitrogens with one attached hydrogen (secondary N) is 2. The zero-order chi connectivity index (χ0) is 19.2. The highest BCUT2D eigenvalue weighted by Gasteiger charge is 2.17. The van der Waals surface area contributed by atoms with Crippen molar-refractivity contribution in [1.29, 1.82) is 0 Å². The minimum Gasteiger partial charge on any atom is -0.350 e. The second-order valence-corrected chi connectivity index (χ2v) is 7.89. The largest absolute Gasteiger partial charge is 0.350 e. The van der Waals surface area contributed by atoms with Crippen molar-refractivity contribution >= 4 is 15.9 Å². The number of amides is 1. The molecular formula is C19H25N3O3S. The van der Waals surface area contributed by atoms with Gasteiger partial charge in [0.15, 0.2) is 0 Å². The van der Waals surface area contributed by atoms with Gasteiger partial charge in [-0.3, -0.25) is 4.79 Å². The van der Waals surface area contributed by atoms with Gasteiger partial charge in [0.1, 0.15) is 0 Å². The fraction of sp³-hybridized carbons (Fsp3) is 0.316. The van der Waals surface area contributed by atoms with Crippen molar-refractivity contribution in [3.05, 3.63) is 65.7 Å². The third kappa shape index (κ3) is 5.14. The molecule has 1 amide bonds. The lowest BCUT2D eigenvalue weighted by Crippen LogP contribution is -2.34. The molecule has 26 heavy (non-hydrogen) atoms. The van der Waals surface area contributed by atoms with Crippen LogP contribution in [0.3, 0.4) is 0 Å². The maximum Gasteiger partial charge on any atom is 0.251 e. The number of likely N-dealkylation sites (N-methyl/N-ethyl adjacent to an activating group) is 1. The molecule has 6 nitrogen and oxygen atoms in total. The number of rotatable bonds is 8. The molecule has 7 heteroatoms. The standard InChI is InChI=1S/C19H25N3O3S/c1-4-21-26(24,25)17-12-10-16(11-13-17)19(23)20-14-18(22(2)3)15-8-6-5-7-9-15/h5-13,18,21H,4,14H2,1-3H3,(H,20,23). The molecule has 0 spiro atoms. The number of benzene rings is 2. The van der Waals surface area contributed by atoms with Gasteiger partial charge in [0.2, 0.25) is 10.0 Å². The summed E-state index contributed by atoms with van der Waals surface area (Å²) < 4.78 is 26.3. The first-order valence-electron chi connectivity index (χ1n) is 8.44. The Labute approximate surface area is 155 Å². The molecule has 0 aliphatic rings. The Morgan fingerprint density at radius 1 is 1.04 bits per heavy atom. The van der Waals surface area contributed by atoms with Crippen molar-refractivity contribution in [2.24, 2.45) is 0 Å². The van der Waals surface area contributed by atoms with E-state index in [2.05, 4.69) is 10.0 Å². The Morgan fingerprint density at radius 3 is 2.19 bits per heavy atom. The predicted octanol–water partition coefficient (Wildman–Crippen LogP) is 2.02. The predicted molar refractivity (Wildman–Crippen MR) is 103 cm³/mol. The maximum absolute atomic E-state index is 12.4. The van der Waals surface area contributed by atoms with E-state index in [-0.39, 0.29) is 16.8 Å². The molecule has 2 aromatic rings. The van der Waals surface area contributed by atoms with E-state index in [1.807, 2.05) is 49.3 Å². The number of hydrogen-bond acceptors (Lipinski definition) is 4. The lowest BCUT2D eigenvalue weighted by molar-refractivity contribution is 0.0942. The Morgan fingerprint density at radius 2 is 1.65 bits per heavy atom. The summed E-state index contributed by atoms with van der Waals surface area (Å²) in [4.78, 5) is 14.6. The summed E-state index contributed by atoms with van der Waals surface area (Å²) in [7, 11) is 0.411. The van der Waals surface area contributed by atoms with Crippen molar-refractivity contribution in [2.75, 3.05) is 27.2 Å². The van der Waals surface area contributed by atoms with Crippen molar-refractivity contribution in [1.82, 2.24) is 14.9 Å². The van der Waals surface area contributed by atoms with E-state index in [0.717, 1.165) is 5.56 Å². The van der Waals surface area contributed by atoms with Gasteiger partial charge in [0.25, 0.3) is 5.91 Å². The Hall–Kier alpha value is -2.22. The molecule has 0 fully saturated rings. The minimum atomic E-state index is -3.51. The van der Waals surface area contributed by atoms with Gasteiger partial charge >= 0.3 is 0 Å². The normalized spacial score (nSPS) is 12.8. The molecule has 0 saturated heterocycles. The lowest BCUT2D eigenvalue weighted by atomic mass is 10.1. The first kappa shape index (κ1) is 20.1. The molecule has 0 bridgehead atoms. The molecule has 0 radical (unpaired) electrons. The van der Waals surface area contributed by atoms with Crippen LogP contribution in [0.25, 0.3) is 0 Å². The van der Waals surface area contributed by atoms with Crippen molar-refractivity contribution in [3.63, 3.8) is 0 Å². The second-order valence-electron chi connectivity index (χ2n) is 6.13. The van der Waals surface area contributed by atoms with Gasteiger partial charge in [-0.05, 0) is 43.9 Å². The molecule has 1 unspecified atom stereocenters. The summed E-state index contributed by atoms with van der Waals surface area (Å²) in [6, 6.07) is 15.9. The highest BCUT2D eigenvalue weighted by molar-refractivity contribution is 7.89. The SMILES string of the molecule is CCNS(=O)(=O)c1ccc(C(=O)NCC(c2ccccc2)N(C)C)cc1. The van der Waals surface area contributed by atoms with E-state index in [1.165, 1.54) is 24.3 Å². The average Bonchev–Trinajstić information content (AvgIpc) is 2.62. The Kier molecular flexibility index (Phi) is 6.90. The molecule has 0 aromatic heterocycles. The van der Waals surface area contributed by atoms with Crippen molar-refractivity contribution in [3.8, 4) is 0 Å². The smallest absolute Gasteiger partial charge is 0.251 e. The fourth-order valence-corrected chi connectivity index (χ4v) is 3.67. The van der Waals surface area contributed by atoms with Crippen LogP contribution in [0.4, 0.5) is 0 Å². The fourth-order valence-electron chi connectivity index (χ4n) is 2.62. The van der Waals surface area contributed by atoms with Gasteiger partial charge in [0, 0.05) is 18.7 Å². The summed E-state index contributed by atoms with van der Waals surface area (Å²) in [5.74, 6) is -0.236. The van der Waals surface area contributed by atoms with Gasteiger partial charge in [-0.15, -0.1) is 0 Å². The third-order valence-electron chi connectivity index (χ3n) is 4.02. The summed E-state index contributed by atoms with van der Waals surface area (Å²) in [6.07, 6.45) is 0. The molecule has 2 N–H and O–H groups in total. The molecule has 1 atom stereocenters. The zero-order valence-electron chi connectivity index (χ0n) is 15.3. The number of sulfonamides is 1. The maximum atomic E-state index is 12.4. The van der Waals surface area contributed by atoms with Crippen LogP contribution < -0.4 is 10.0 Å². The van der Waals surface area contributed by atoms with Gasteiger partial charge in [0.05, 0.1) is 10.9 Å². The van der Waals surface area contributed by atoms with Crippen molar-refractivity contribution < 1.29 is 13.2 Å². The summed E-state index contributed by atoms with van der Waals surface area (Å²) >= 11 is 0. The van der Waals surface area contributed by atoms with Crippen LogP contribution in [-0.2, 0) is 10.0 Å². The number of carbonyl (C=O) groups excluding carboxylic acids is 1. The van der Waals surface area contributed by atoms with E-state index >= 15 is 0 Å². The van der Waals surface area contributed by atoms with E-state index < -0.39 is 10.0 Å². The quantitative estimate of drug-likeness (QED) is 0.740. The number of carbonyl (C=O) groups is 1. The van der Waals surface area contributed by atoms with E-state index in [9.17, 15) is 13.2 Å². The second kappa shape index (κ2) is 8.93. The Balaban J connectivity index is 2.05. The monoisotopic (exact) mass is 375 g/mol. The molecule has 140 valence electrons. The van der Waals surface area contributed by atoms with Crippen molar-refractivity contribution in [2.45, 2.75) is 17.9 Å². The number of hydrogen-bond donors (Lipinski definition) is 2. The highest BCUT2D eigenvalue weighted by Crippen LogP contribution is 2.17. The average molecular weight is 375 g/mol. The zero-order valence-corrected chi connectivity index (χ0v) is 16.1. The first-order valence-corrected chi connectivity index (χ1v) is 9.92. The van der Waals surface area contributed by atoms with Crippen LogP contribution in [0.15, 0.2) is 59.5 Å². The topological polar surface area (TPSA) is 78.5 Å². The molecular weight excluding hydrogens is 350 g/mol. The summed E-state index contributed by atoms with van der Waals surface area (Å²) in [5.41, 5.74) is 1.54. The minimum absolute atomic E-state index is 0.0496. The first-order chi connectivity index (χ1) is 12.3. The van der Waals surface area contributed by atoms with E-state index in [4.69, 9.17) is 0 Å². The van der Waals surface area contributed by atoms with Gasteiger partial charge in [-0.1, -0.05) is 37.3 Å². The van der Waals surface area contributed by atoms with Crippen LogP contribution >= 0.6 is 0 Å².